The number of fused-ring (bicyclic) bond motifs is 1. The molecule has 2 N–H and O–H groups in total. The molecule has 1 aliphatic rings. The Morgan fingerprint density at radius 1 is 0.868 bits per heavy atom. The quantitative estimate of drug-likeness (QED) is 0.0676. The van der Waals surface area contributed by atoms with E-state index in [1.54, 1.807) is 20.0 Å². The molecule has 0 radical (unpaired) electrons. The second-order valence-corrected chi connectivity index (χ2v) is 28.3. The van der Waals surface area contributed by atoms with E-state index in [0.717, 1.165) is 54.4 Å². The molecular formula is C36H68N6O8Si3. The molecule has 14 nitrogen and oxygen atoms in total. The standard InChI is InChI=1S/C36H68N6O8Si3/c1-13-24-41-28-31(38-34(37)39-32(28)46-26-40(12)36(44)45-14-2)42(35(41)43)33-30(50-53(21-9,22-10)23-11)29(49-52(18-6,19-7)20-8)27(48-33)25-47-51(15-3,16-4)17-5/h13,27,29-30,33H,1,14-26H2,2-12H3,(H2,37,38,39)/t27-,29-,30+,33-/m1/s1. The number of nitrogens with two attached hydrogens (primary N) is 1. The molecule has 4 atom stereocenters. The molecule has 1 aliphatic heterocycles. The monoisotopic (exact) mass is 796 g/mol. The zero-order chi connectivity index (χ0) is 39.6. The number of carbonyl (C=O) groups excluding carboxylic acids is 1. The number of ether oxygens (including phenoxy) is 3. The minimum absolute atomic E-state index is 0.0443. The second kappa shape index (κ2) is 19.9. The normalized spacial score (nSPS) is 19.5. The lowest BCUT2D eigenvalue weighted by Gasteiger charge is -2.40. The van der Waals surface area contributed by atoms with Crippen LogP contribution in [0.1, 0.15) is 75.5 Å². The molecule has 0 spiro atoms. The van der Waals surface area contributed by atoms with Crippen molar-refractivity contribution in [3.05, 3.63) is 23.1 Å². The molecule has 53 heavy (non-hydrogen) atoms. The van der Waals surface area contributed by atoms with Gasteiger partial charge in [-0.2, -0.15) is 9.97 Å². The summed E-state index contributed by atoms with van der Waals surface area (Å²) in [7, 11) is -5.04. The fourth-order valence-corrected chi connectivity index (χ4v) is 15.8. The smallest absolute Gasteiger partial charge is 0.412 e. The van der Waals surface area contributed by atoms with E-state index in [4.69, 9.17) is 33.2 Å². The maximum atomic E-state index is 14.8. The van der Waals surface area contributed by atoms with Crippen LogP contribution in [0.2, 0.25) is 54.4 Å². The Morgan fingerprint density at radius 3 is 1.89 bits per heavy atom. The molecule has 3 heterocycles. The van der Waals surface area contributed by atoms with Crippen molar-refractivity contribution in [2.24, 2.45) is 0 Å². The number of hydrogen-bond donors (Lipinski definition) is 1. The molecular weight excluding hydrogens is 729 g/mol. The van der Waals surface area contributed by atoms with Crippen molar-refractivity contribution in [1.82, 2.24) is 24.0 Å². The van der Waals surface area contributed by atoms with Gasteiger partial charge in [0.2, 0.25) is 11.8 Å². The van der Waals surface area contributed by atoms with E-state index in [2.05, 4.69) is 78.9 Å². The van der Waals surface area contributed by atoms with Gasteiger partial charge < -0.3 is 33.2 Å². The lowest BCUT2D eigenvalue weighted by molar-refractivity contribution is -0.0482. The summed E-state index contributed by atoms with van der Waals surface area (Å²) in [6, 6.07) is 8.53. The SMILES string of the molecule is C=CCn1c(=O)n([C@@H]2O[C@H](CO[Si](CC)(CC)CC)[C@@H](O[Si](CC)(CC)CC)[C@@H]2O[Si](CC)(CC)CC)c2nc(N)nc(OCN(C)C(=O)OCC)c21. The molecule has 17 heteroatoms. The van der Waals surface area contributed by atoms with Crippen LogP contribution in [0.25, 0.3) is 11.2 Å². The van der Waals surface area contributed by atoms with Crippen LogP contribution in [0, 0.1) is 0 Å². The Balaban J connectivity index is 2.34. The molecule has 0 bridgehead atoms. The van der Waals surface area contributed by atoms with Crippen molar-refractivity contribution in [3.63, 3.8) is 0 Å². The minimum atomic E-state index is -2.32. The first kappa shape index (κ1) is 44.8. The number of hydrogen-bond acceptors (Lipinski definition) is 11. The fourth-order valence-electron chi connectivity index (χ4n) is 7.44. The predicted molar refractivity (Wildman–Crippen MR) is 218 cm³/mol. The number of nitrogen functional groups attached to an aromatic ring is 1. The topological polar surface area (TPSA) is 154 Å². The van der Waals surface area contributed by atoms with E-state index < -0.39 is 61.3 Å². The van der Waals surface area contributed by atoms with E-state index in [0.29, 0.717) is 12.1 Å². The summed E-state index contributed by atoms with van der Waals surface area (Å²) in [6.07, 6.45) is -1.43. The second-order valence-electron chi connectivity index (χ2n) is 14.1. The van der Waals surface area contributed by atoms with Gasteiger partial charge >= 0.3 is 11.8 Å². The highest BCUT2D eigenvalue weighted by atomic mass is 28.4. The van der Waals surface area contributed by atoms with Crippen LogP contribution in [-0.2, 0) is 29.3 Å². The summed E-state index contributed by atoms with van der Waals surface area (Å²) < 4.78 is 43.0. The molecule has 0 aliphatic carbocycles. The van der Waals surface area contributed by atoms with Gasteiger partial charge in [-0.15, -0.1) is 6.58 Å². The average molecular weight is 797 g/mol. The molecule has 3 rings (SSSR count). The Morgan fingerprint density at radius 2 is 1.40 bits per heavy atom. The maximum absolute atomic E-state index is 14.8. The van der Waals surface area contributed by atoms with E-state index in [-0.39, 0.29) is 37.4 Å². The van der Waals surface area contributed by atoms with Crippen LogP contribution in [-0.4, -0.2) is 100 Å². The van der Waals surface area contributed by atoms with Crippen molar-refractivity contribution < 1.29 is 32.3 Å². The number of amides is 1. The molecule has 0 unspecified atom stereocenters. The Hall–Kier alpha value is -2.55. The maximum Gasteiger partial charge on any atom is 0.412 e. The van der Waals surface area contributed by atoms with Gasteiger partial charge in [0, 0.05) is 13.6 Å². The van der Waals surface area contributed by atoms with Gasteiger partial charge in [0.1, 0.15) is 18.3 Å². The van der Waals surface area contributed by atoms with Gasteiger partial charge in [0.25, 0.3) is 0 Å². The van der Waals surface area contributed by atoms with Crippen molar-refractivity contribution in [2.45, 2.75) is 155 Å². The summed E-state index contributed by atoms with van der Waals surface area (Å²) in [5.41, 5.74) is 6.46. The molecule has 1 amide bonds. The highest BCUT2D eigenvalue weighted by Crippen LogP contribution is 2.42. The summed E-state index contributed by atoms with van der Waals surface area (Å²) >= 11 is 0. The van der Waals surface area contributed by atoms with Crippen LogP contribution in [0.4, 0.5) is 10.7 Å². The van der Waals surface area contributed by atoms with Crippen LogP contribution in [0.15, 0.2) is 17.4 Å². The lowest BCUT2D eigenvalue weighted by atomic mass is 10.1. The van der Waals surface area contributed by atoms with Crippen LogP contribution in [0.5, 0.6) is 5.88 Å². The van der Waals surface area contributed by atoms with E-state index in [1.807, 2.05) is 0 Å². The van der Waals surface area contributed by atoms with Gasteiger partial charge in [-0.25, -0.2) is 14.2 Å². The molecule has 2 aromatic heterocycles. The highest BCUT2D eigenvalue weighted by Gasteiger charge is 2.54. The third kappa shape index (κ3) is 9.64. The summed E-state index contributed by atoms with van der Waals surface area (Å²) in [6.45, 7) is 26.0. The zero-order valence-electron chi connectivity index (χ0n) is 34.4. The van der Waals surface area contributed by atoms with Gasteiger partial charge in [0.05, 0.1) is 13.2 Å². The van der Waals surface area contributed by atoms with Crippen LogP contribution >= 0.6 is 0 Å². The molecule has 1 fully saturated rings. The van der Waals surface area contributed by atoms with Crippen LogP contribution in [0.3, 0.4) is 0 Å². The number of rotatable bonds is 23. The first-order valence-electron chi connectivity index (χ1n) is 19.9. The first-order valence-corrected chi connectivity index (χ1v) is 27.4. The lowest BCUT2D eigenvalue weighted by Crippen LogP contribution is -2.53. The third-order valence-corrected chi connectivity index (χ3v) is 25.7. The predicted octanol–water partition coefficient (Wildman–Crippen LogP) is 7.49. The summed E-state index contributed by atoms with van der Waals surface area (Å²) in [5.74, 6) is -0.0554. The van der Waals surface area contributed by atoms with Gasteiger partial charge in [-0.3, -0.25) is 9.47 Å². The Labute approximate surface area is 320 Å². The highest BCUT2D eigenvalue weighted by molar-refractivity contribution is 6.74. The summed E-state index contributed by atoms with van der Waals surface area (Å²) in [4.78, 5) is 37.4. The molecule has 1 saturated heterocycles. The Bertz CT molecular complexity index is 1520. The minimum Gasteiger partial charge on any atom is -0.454 e. The van der Waals surface area contributed by atoms with Gasteiger partial charge in [0.15, 0.2) is 49.1 Å². The third-order valence-electron chi connectivity index (χ3n) is 11.7. The van der Waals surface area contributed by atoms with Crippen LogP contribution < -0.4 is 16.2 Å². The summed E-state index contributed by atoms with van der Waals surface area (Å²) in [5, 5.41) is 0. The molecule has 0 saturated carbocycles. The molecule has 302 valence electrons. The van der Waals surface area contributed by atoms with E-state index in [9.17, 15) is 9.59 Å². The van der Waals surface area contributed by atoms with Gasteiger partial charge in [-0.1, -0.05) is 68.4 Å². The first-order chi connectivity index (χ1) is 25.3. The number of aromatic nitrogens is 4. The van der Waals surface area contributed by atoms with E-state index >= 15 is 0 Å². The number of nitrogens with zero attached hydrogens (tertiary/aromatic N) is 5. The number of anilines is 1. The van der Waals surface area contributed by atoms with E-state index in [1.165, 1.54) is 14.0 Å². The number of imidazole rings is 1. The Kier molecular flexibility index (Phi) is 16.8. The van der Waals surface area contributed by atoms with Crippen molar-refractivity contribution >= 4 is 48.2 Å². The average Bonchev–Trinajstić information content (AvgIpc) is 3.64. The number of carbonyl (C=O) groups is 1. The van der Waals surface area contributed by atoms with Crippen molar-refractivity contribution in [2.75, 3.05) is 32.7 Å². The van der Waals surface area contributed by atoms with Gasteiger partial charge in [-0.05, 0) is 61.3 Å². The van der Waals surface area contributed by atoms with Crippen molar-refractivity contribution in [1.29, 1.82) is 0 Å². The molecule has 0 aromatic carbocycles. The zero-order valence-corrected chi connectivity index (χ0v) is 37.4. The fraction of sp³-hybridized carbons (Fsp3) is 0.778. The molecule has 2 aromatic rings. The largest absolute Gasteiger partial charge is 0.454 e. The van der Waals surface area contributed by atoms with Crippen molar-refractivity contribution in [3.8, 4) is 5.88 Å². The number of allylic oxidation sites excluding steroid dienone is 1.